The lowest BCUT2D eigenvalue weighted by molar-refractivity contribution is 0.648. The highest BCUT2D eigenvalue weighted by Gasteiger charge is 2.12. The van der Waals surface area contributed by atoms with Crippen LogP contribution >= 0.6 is 23.1 Å². The Morgan fingerprint density at radius 3 is 2.83 bits per heavy atom. The van der Waals surface area contributed by atoms with Crippen LogP contribution in [0.4, 0.5) is 0 Å². The van der Waals surface area contributed by atoms with Crippen molar-refractivity contribution in [2.75, 3.05) is 13.3 Å². The molecule has 0 aliphatic carbocycles. The molecule has 2 rings (SSSR count). The highest BCUT2D eigenvalue weighted by molar-refractivity contribution is 7.98. The van der Waals surface area contributed by atoms with Crippen molar-refractivity contribution >= 4 is 23.1 Å². The van der Waals surface area contributed by atoms with E-state index in [-0.39, 0.29) is 0 Å². The molecule has 96 valence electrons. The summed E-state index contributed by atoms with van der Waals surface area (Å²) in [6.45, 7) is 4.26. The molecule has 2 nitrogen and oxygen atoms in total. The summed E-state index contributed by atoms with van der Waals surface area (Å²) in [6.07, 6.45) is 2.11. The van der Waals surface area contributed by atoms with Crippen molar-refractivity contribution in [3.8, 4) is 11.3 Å². The minimum absolute atomic E-state index is 0.311. The van der Waals surface area contributed by atoms with E-state index in [4.69, 9.17) is 4.98 Å². The number of rotatable bonds is 4. The molecule has 1 aromatic carbocycles. The standard InChI is InChI=1S/C14H18N2S2/c1-9-5-6-13(17-4)11(7-9)12-8-18-14(16-12)10(2)15-3/h5-8,10,15H,1-4H3. The van der Waals surface area contributed by atoms with Gasteiger partial charge in [0.25, 0.3) is 0 Å². The summed E-state index contributed by atoms with van der Waals surface area (Å²) < 4.78 is 0. The minimum Gasteiger partial charge on any atom is -0.311 e. The maximum atomic E-state index is 4.74. The van der Waals surface area contributed by atoms with Crippen LogP contribution in [0, 0.1) is 6.92 Å². The Morgan fingerprint density at radius 2 is 2.17 bits per heavy atom. The fraction of sp³-hybridized carbons (Fsp3) is 0.357. The van der Waals surface area contributed by atoms with E-state index in [1.54, 1.807) is 23.1 Å². The molecule has 1 atom stereocenters. The summed E-state index contributed by atoms with van der Waals surface area (Å²) >= 11 is 3.49. The first-order valence-electron chi connectivity index (χ1n) is 5.93. The van der Waals surface area contributed by atoms with Crippen LogP contribution in [-0.2, 0) is 0 Å². The average molecular weight is 278 g/mol. The largest absolute Gasteiger partial charge is 0.311 e. The Labute approximate surface area is 117 Å². The van der Waals surface area contributed by atoms with E-state index in [0.29, 0.717) is 6.04 Å². The van der Waals surface area contributed by atoms with Crippen LogP contribution in [-0.4, -0.2) is 18.3 Å². The van der Waals surface area contributed by atoms with Gasteiger partial charge in [-0.2, -0.15) is 0 Å². The van der Waals surface area contributed by atoms with Gasteiger partial charge in [0.2, 0.25) is 0 Å². The number of nitrogens with one attached hydrogen (secondary N) is 1. The lowest BCUT2D eigenvalue weighted by Crippen LogP contribution is -2.11. The molecule has 1 unspecified atom stereocenters. The minimum atomic E-state index is 0.311. The van der Waals surface area contributed by atoms with Gasteiger partial charge in [-0.15, -0.1) is 23.1 Å². The van der Waals surface area contributed by atoms with Gasteiger partial charge in [0, 0.05) is 15.8 Å². The zero-order valence-electron chi connectivity index (χ0n) is 11.2. The lowest BCUT2D eigenvalue weighted by Gasteiger charge is -2.07. The number of nitrogens with zero attached hydrogens (tertiary/aromatic N) is 1. The fourth-order valence-electron chi connectivity index (χ4n) is 1.76. The van der Waals surface area contributed by atoms with Crippen molar-refractivity contribution in [2.24, 2.45) is 0 Å². The SMILES string of the molecule is CNC(C)c1nc(-c2cc(C)ccc2SC)cs1. The highest BCUT2D eigenvalue weighted by atomic mass is 32.2. The Bertz CT molecular complexity index is 534. The number of hydrogen-bond donors (Lipinski definition) is 1. The number of hydrogen-bond acceptors (Lipinski definition) is 4. The van der Waals surface area contributed by atoms with Crippen LogP contribution < -0.4 is 5.32 Å². The molecule has 1 N–H and O–H groups in total. The Kier molecular flexibility index (Phi) is 4.43. The second-order valence-corrected chi connectivity index (χ2v) is 6.02. The molecule has 1 aromatic heterocycles. The molecule has 0 spiro atoms. The summed E-state index contributed by atoms with van der Waals surface area (Å²) in [5.41, 5.74) is 3.61. The average Bonchev–Trinajstić information content (AvgIpc) is 2.87. The van der Waals surface area contributed by atoms with Crippen molar-refractivity contribution in [3.63, 3.8) is 0 Å². The molecule has 0 saturated carbocycles. The topological polar surface area (TPSA) is 24.9 Å². The predicted molar refractivity (Wildman–Crippen MR) is 81.5 cm³/mol. The number of benzene rings is 1. The van der Waals surface area contributed by atoms with E-state index in [0.717, 1.165) is 10.7 Å². The zero-order valence-corrected chi connectivity index (χ0v) is 12.8. The maximum Gasteiger partial charge on any atom is 0.110 e. The number of aryl methyl sites for hydroxylation is 1. The highest BCUT2D eigenvalue weighted by Crippen LogP contribution is 2.32. The fourth-order valence-corrected chi connectivity index (χ4v) is 3.23. The predicted octanol–water partition coefficient (Wildman–Crippen LogP) is 4.12. The molecule has 1 heterocycles. The molecule has 0 aliphatic rings. The summed E-state index contributed by atoms with van der Waals surface area (Å²) in [4.78, 5) is 6.03. The Morgan fingerprint density at radius 1 is 1.39 bits per heavy atom. The van der Waals surface area contributed by atoms with E-state index >= 15 is 0 Å². The third-order valence-corrected chi connectivity index (χ3v) is 4.78. The zero-order chi connectivity index (χ0) is 13.1. The molecular weight excluding hydrogens is 260 g/mol. The van der Waals surface area contributed by atoms with Gasteiger partial charge in [-0.25, -0.2) is 4.98 Å². The second-order valence-electron chi connectivity index (χ2n) is 4.29. The van der Waals surface area contributed by atoms with Crippen LogP contribution in [0.1, 0.15) is 23.5 Å². The lowest BCUT2D eigenvalue weighted by atomic mass is 10.1. The van der Waals surface area contributed by atoms with Gasteiger partial charge >= 0.3 is 0 Å². The molecule has 2 aromatic rings. The van der Waals surface area contributed by atoms with Crippen LogP contribution in [0.25, 0.3) is 11.3 Å². The number of thiazole rings is 1. The molecular formula is C14H18N2S2. The number of thioether (sulfide) groups is 1. The van der Waals surface area contributed by atoms with Gasteiger partial charge in [0.05, 0.1) is 11.7 Å². The first kappa shape index (κ1) is 13.6. The molecule has 0 bridgehead atoms. The van der Waals surface area contributed by atoms with Crippen molar-refractivity contribution in [1.29, 1.82) is 0 Å². The summed E-state index contributed by atoms with van der Waals surface area (Å²) in [5.74, 6) is 0. The van der Waals surface area contributed by atoms with Gasteiger partial charge in [0.1, 0.15) is 5.01 Å². The van der Waals surface area contributed by atoms with Crippen molar-refractivity contribution in [3.05, 3.63) is 34.2 Å². The number of aromatic nitrogens is 1. The van der Waals surface area contributed by atoms with Gasteiger partial charge in [-0.05, 0) is 39.3 Å². The quantitative estimate of drug-likeness (QED) is 0.852. The molecule has 18 heavy (non-hydrogen) atoms. The molecule has 0 radical (unpaired) electrons. The maximum absolute atomic E-state index is 4.74. The van der Waals surface area contributed by atoms with Crippen LogP contribution in [0.15, 0.2) is 28.5 Å². The van der Waals surface area contributed by atoms with E-state index in [1.807, 2.05) is 7.05 Å². The summed E-state index contributed by atoms with van der Waals surface area (Å²) in [5, 5.41) is 6.52. The van der Waals surface area contributed by atoms with E-state index in [2.05, 4.69) is 49.0 Å². The van der Waals surface area contributed by atoms with Gasteiger partial charge in [-0.3, -0.25) is 0 Å². The summed E-state index contributed by atoms with van der Waals surface area (Å²) in [6, 6.07) is 6.86. The van der Waals surface area contributed by atoms with E-state index in [1.165, 1.54) is 16.0 Å². The van der Waals surface area contributed by atoms with E-state index < -0.39 is 0 Å². The second kappa shape index (κ2) is 5.87. The van der Waals surface area contributed by atoms with Crippen molar-refractivity contribution in [2.45, 2.75) is 24.8 Å². The van der Waals surface area contributed by atoms with Crippen LogP contribution in [0.3, 0.4) is 0 Å². The third-order valence-electron chi connectivity index (χ3n) is 2.96. The molecule has 4 heteroatoms. The monoisotopic (exact) mass is 278 g/mol. The smallest absolute Gasteiger partial charge is 0.110 e. The van der Waals surface area contributed by atoms with Crippen molar-refractivity contribution < 1.29 is 0 Å². The van der Waals surface area contributed by atoms with Crippen LogP contribution in [0.5, 0.6) is 0 Å². The van der Waals surface area contributed by atoms with Gasteiger partial charge in [-0.1, -0.05) is 11.6 Å². The molecule has 0 amide bonds. The van der Waals surface area contributed by atoms with Gasteiger partial charge in [0.15, 0.2) is 0 Å². The molecule has 0 saturated heterocycles. The Balaban J connectivity index is 2.42. The molecule has 0 aliphatic heterocycles. The Hall–Kier alpha value is -0.840. The summed E-state index contributed by atoms with van der Waals surface area (Å²) in [7, 11) is 1.96. The van der Waals surface area contributed by atoms with Gasteiger partial charge < -0.3 is 5.32 Å². The third kappa shape index (κ3) is 2.76. The van der Waals surface area contributed by atoms with E-state index in [9.17, 15) is 0 Å². The first-order valence-corrected chi connectivity index (χ1v) is 8.04. The molecule has 0 fully saturated rings. The first-order chi connectivity index (χ1) is 8.65. The van der Waals surface area contributed by atoms with Crippen LogP contribution in [0.2, 0.25) is 0 Å². The van der Waals surface area contributed by atoms with Crippen molar-refractivity contribution in [1.82, 2.24) is 10.3 Å². The normalized spacial score (nSPS) is 12.7.